The third-order valence-electron chi connectivity index (χ3n) is 19.2. The maximum atomic E-state index is 12.9. The number of carbonyl (C=O) groups is 4. The maximum Gasteiger partial charge on any atom is 1.00 e. The molecule has 0 radical (unpaired) electrons. The van der Waals surface area contributed by atoms with E-state index in [4.69, 9.17) is 56.9 Å². The van der Waals surface area contributed by atoms with E-state index in [1.54, 1.807) is 14.2 Å². The van der Waals surface area contributed by atoms with E-state index in [-0.39, 0.29) is 60.8 Å². The van der Waals surface area contributed by atoms with Crippen molar-refractivity contribution < 1.29 is 78.6 Å². The Balaban J connectivity index is 0.000000199. The van der Waals surface area contributed by atoms with E-state index in [0.717, 1.165) is 132 Å². The van der Waals surface area contributed by atoms with Gasteiger partial charge in [-0.05, 0) is 214 Å². The van der Waals surface area contributed by atoms with Crippen molar-refractivity contribution in [3.8, 4) is 67.5 Å². The molecule has 0 bridgehead atoms. The molecular weight excluding hydrogens is 1370 g/mol. The number of hydrogen-bond donors (Lipinski definition) is 0. The van der Waals surface area contributed by atoms with Crippen molar-refractivity contribution in [2.75, 3.05) is 48.0 Å². The second-order valence-corrected chi connectivity index (χ2v) is 26.4. The van der Waals surface area contributed by atoms with Crippen LogP contribution in [0.1, 0.15) is 115 Å². The molecule has 0 N–H and O–H groups in total. The van der Waals surface area contributed by atoms with Crippen molar-refractivity contribution in [2.24, 2.45) is 5.92 Å². The molecule has 100 heavy (non-hydrogen) atoms. The molecule has 0 amide bonds. The van der Waals surface area contributed by atoms with Gasteiger partial charge >= 0.3 is 53.4 Å². The van der Waals surface area contributed by atoms with E-state index in [1.165, 1.54) is 100 Å². The van der Waals surface area contributed by atoms with Crippen molar-refractivity contribution in [1.29, 1.82) is 0 Å². The molecule has 2 saturated carbocycles. The fraction of sp³-hybridized carbons (Fsp3) is 0.253. The van der Waals surface area contributed by atoms with Crippen LogP contribution < -0.4 is 39.0 Å². The average molecular weight is 1450 g/mol. The van der Waals surface area contributed by atoms with Gasteiger partial charge in [0.25, 0.3) is 0 Å². The molecule has 0 unspecified atom stereocenters. The minimum Gasteiger partial charge on any atom is -1.00 e. The first-order chi connectivity index (χ1) is 48.2. The average Bonchev–Trinajstić information content (AvgIpc) is 1.60. The predicted octanol–water partition coefficient (Wildman–Crippen LogP) is 17.6. The van der Waals surface area contributed by atoms with Gasteiger partial charge in [-0.1, -0.05) is 150 Å². The molecule has 0 spiro atoms. The molecular formula is C83H77BrCl2N3NaO10. The van der Waals surface area contributed by atoms with Gasteiger partial charge in [-0.15, -0.1) is 0 Å². The second kappa shape index (κ2) is 33.3. The summed E-state index contributed by atoms with van der Waals surface area (Å²) in [6.07, 6.45) is 12.8. The summed E-state index contributed by atoms with van der Waals surface area (Å²) in [6, 6.07) is 60.8. The zero-order chi connectivity index (χ0) is 69.3. The minimum atomic E-state index is -0.420. The SMILES string of the molecule is COC(=O)CBr.COC(=O)Cn1c(-c2ccc3nc(-c4cc(OC)ccc4-c4ccc(Cl)cc4)ccc3c2)c(C2CCCCC2)c2ccc(C(=O)OC)cc21.COC(=O)c1ccc2c(c1)CC(c1ccc3nc(-c4cc(OC)ccc4-c4ccc(Cl)cc4)ccc3c1)=C2C1CCCCC1.[H-].[Na+]. The van der Waals surface area contributed by atoms with Gasteiger partial charge in [0.1, 0.15) is 23.4 Å². The monoisotopic (exact) mass is 1450 g/mol. The number of halogens is 3. The van der Waals surface area contributed by atoms with E-state index < -0.39 is 5.97 Å². The van der Waals surface area contributed by atoms with E-state index in [0.29, 0.717) is 33.0 Å². The molecule has 506 valence electrons. The minimum absolute atomic E-state index is 0. The van der Waals surface area contributed by atoms with Crippen LogP contribution in [0.4, 0.5) is 0 Å². The largest absolute Gasteiger partial charge is 1.00 e. The van der Waals surface area contributed by atoms with Gasteiger partial charge in [0.2, 0.25) is 0 Å². The molecule has 0 aliphatic heterocycles. The molecule has 3 aliphatic rings. The Morgan fingerprint density at radius 3 is 1.46 bits per heavy atom. The Bertz CT molecular complexity index is 4890. The molecule has 11 aromatic rings. The number of carbonyl (C=O) groups excluding carboxylic acids is 4. The number of fused-ring (bicyclic) bond motifs is 4. The second-order valence-electron chi connectivity index (χ2n) is 25.0. The summed E-state index contributed by atoms with van der Waals surface area (Å²) in [5, 5.41) is 4.78. The fourth-order valence-corrected chi connectivity index (χ4v) is 14.8. The van der Waals surface area contributed by atoms with Gasteiger partial charge in [0.05, 0.1) is 87.4 Å². The third kappa shape index (κ3) is 15.9. The van der Waals surface area contributed by atoms with E-state index in [2.05, 4.69) is 81.3 Å². The molecule has 13 nitrogen and oxygen atoms in total. The molecule has 3 aliphatic carbocycles. The van der Waals surface area contributed by atoms with Crippen molar-refractivity contribution in [3.63, 3.8) is 0 Å². The number of aromatic nitrogens is 3. The summed E-state index contributed by atoms with van der Waals surface area (Å²) in [5.74, 6) is 1.08. The summed E-state index contributed by atoms with van der Waals surface area (Å²) in [5.41, 5.74) is 21.2. The molecule has 2 fully saturated rings. The molecule has 0 saturated heterocycles. The van der Waals surface area contributed by atoms with Gasteiger partial charge in [-0.25, -0.2) is 19.6 Å². The number of benzene rings is 8. The standard InChI is InChI=1S/C41H37ClN2O5.C39H34ClNO3.C3H5BrO2.Na.H/c1-47-31-16-18-32(25-9-14-30(42)15-10-25)34(23-31)36-20-12-27-21-28(13-19-35(27)43-36)40-39(26-7-5-4-6-8-26)33-17-11-29(41(46)49-3)22-37(33)44(40)24-38(45)48-2;1-43-31-15-17-32(24-8-13-30(40)14-9-24)35(23-31)37-19-12-27-20-26(11-18-36(27)41-37)34-22-29-21-28(39(42)44-2)10-16-33(29)38(34)25-6-4-3-5-7-25;1-6-3(5)2-4;;/h9-23,26H,4-8,24H2,1-3H3;8-21,23,25H,3-7,22H2,1-2H3;2H2,1H3;;/q;;;+1;-1. The number of esters is 4. The number of allylic oxidation sites excluding steroid dienone is 2. The summed E-state index contributed by atoms with van der Waals surface area (Å²) >= 11 is 15.3. The first kappa shape index (κ1) is 72.6. The predicted molar refractivity (Wildman–Crippen MR) is 400 cm³/mol. The molecule has 3 heterocycles. The van der Waals surface area contributed by atoms with Crippen molar-refractivity contribution in [3.05, 3.63) is 225 Å². The Morgan fingerprint density at radius 2 is 0.960 bits per heavy atom. The Morgan fingerprint density at radius 1 is 0.480 bits per heavy atom. The number of rotatable bonds is 15. The van der Waals surface area contributed by atoms with Crippen LogP contribution >= 0.6 is 39.1 Å². The van der Waals surface area contributed by atoms with Crippen LogP contribution in [0.15, 0.2) is 182 Å². The van der Waals surface area contributed by atoms with E-state index in [9.17, 15) is 19.2 Å². The quantitative estimate of drug-likeness (QED) is 0.0415. The summed E-state index contributed by atoms with van der Waals surface area (Å²) in [6.45, 7) is 0.0121. The summed E-state index contributed by atoms with van der Waals surface area (Å²) < 4.78 is 32.6. The Kier molecular flexibility index (Phi) is 24.2. The molecule has 17 heteroatoms. The van der Waals surface area contributed by atoms with E-state index >= 15 is 0 Å². The van der Waals surface area contributed by atoms with Crippen LogP contribution in [0.25, 0.3) is 99.9 Å². The van der Waals surface area contributed by atoms with Gasteiger partial charge in [-0.3, -0.25) is 9.59 Å². The van der Waals surface area contributed by atoms with Crippen LogP contribution in [0.5, 0.6) is 11.5 Å². The van der Waals surface area contributed by atoms with Crippen LogP contribution in [-0.4, -0.2) is 86.4 Å². The molecule has 0 atom stereocenters. The summed E-state index contributed by atoms with van der Waals surface area (Å²) in [4.78, 5) is 58.0. The smallest absolute Gasteiger partial charge is 1.00 e. The topological polar surface area (TPSA) is 154 Å². The fourth-order valence-electron chi connectivity index (χ4n) is 14.3. The Labute approximate surface area is 625 Å². The van der Waals surface area contributed by atoms with E-state index in [1.807, 2.05) is 126 Å². The third-order valence-corrected chi connectivity index (χ3v) is 20.2. The number of nitrogens with zero attached hydrogens (tertiary/aromatic N) is 3. The molecule has 8 aromatic carbocycles. The number of methoxy groups -OCH3 is 6. The first-order valence-electron chi connectivity index (χ1n) is 33.3. The van der Waals surface area contributed by atoms with Crippen molar-refractivity contribution >= 4 is 107 Å². The number of alkyl halides is 1. The van der Waals surface area contributed by atoms with Crippen LogP contribution in [0.3, 0.4) is 0 Å². The van der Waals surface area contributed by atoms with Gasteiger partial charge in [0, 0.05) is 37.3 Å². The maximum absolute atomic E-state index is 12.9. The molecule has 3 aromatic heterocycles. The van der Waals surface area contributed by atoms with Crippen LogP contribution in [0, 0.1) is 5.92 Å². The van der Waals surface area contributed by atoms with Crippen molar-refractivity contribution in [2.45, 2.75) is 83.1 Å². The number of hydrogen-bond acceptors (Lipinski definition) is 12. The van der Waals surface area contributed by atoms with Crippen molar-refractivity contribution in [1.82, 2.24) is 14.5 Å². The zero-order valence-corrected chi connectivity index (χ0v) is 62.3. The van der Waals surface area contributed by atoms with Gasteiger partial charge < -0.3 is 34.4 Å². The van der Waals surface area contributed by atoms with Crippen LogP contribution in [-0.2, 0) is 41.5 Å². The normalized spacial score (nSPS) is 13.7. The first-order valence-corrected chi connectivity index (χ1v) is 35.2. The molecule has 14 rings (SSSR count). The summed E-state index contributed by atoms with van der Waals surface area (Å²) in [7, 11) is 8.91. The Hall–Kier alpha value is -8.60. The zero-order valence-electron chi connectivity index (χ0n) is 58.2. The van der Waals surface area contributed by atoms with Gasteiger partial charge in [0.15, 0.2) is 0 Å². The van der Waals surface area contributed by atoms with Crippen LogP contribution in [0.2, 0.25) is 10.0 Å². The number of ether oxygens (including phenoxy) is 6. The van der Waals surface area contributed by atoms with Gasteiger partial charge in [-0.2, -0.15) is 0 Å². The number of pyridine rings is 2.